The highest BCUT2D eigenvalue weighted by atomic mass is 16.5. The fraction of sp³-hybridized carbons (Fsp3) is 0.500. The van der Waals surface area contributed by atoms with Crippen molar-refractivity contribution in [2.24, 2.45) is 0 Å². The first-order valence-electron chi connectivity index (χ1n) is 11.4. The fourth-order valence-corrected chi connectivity index (χ4v) is 4.29. The van der Waals surface area contributed by atoms with Crippen LogP contribution in [0.2, 0.25) is 0 Å². The summed E-state index contributed by atoms with van der Waals surface area (Å²) in [6, 6.07) is 10.8. The van der Waals surface area contributed by atoms with Gasteiger partial charge in [0.1, 0.15) is 37.7 Å². The lowest BCUT2D eigenvalue weighted by Crippen LogP contribution is -2.64. The van der Waals surface area contributed by atoms with Crippen molar-refractivity contribution in [1.82, 2.24) is 0 Å². The molecular formula is C24H40N6O2+2. The molecule has 1 heterocycles. The minimum Gasteiger partial charge on any atom is -0.491 e. The van der Waals surface area contributed by atoms with Crippen LogP contribution in [0.15, 0.2) is 36.4 Å². The molecule has 8 nitrogen and oxygen atoms in total. The molecular weight excluding hydrogens is 404 g/mol. The monoisotopic (exact) mass is 444 g/mol. The van der Waals surface area contributed by atoms with Gasteiger partial charge in [-0.2, -0.15) is 0 Å². The van der Waals surface area contributed by atoms with Gasteiger partial charge in [-0.25, -0.2) is 0 Å². The summed E-state index contributed by atoms with van der Waals surface area (Å²) in [6.07, 6.45) is 2.00. The Kier molecular flexibility index (Phi) is 7.58. The second-order valence-electron chi connectivity index (χ2n) is 9.58. The molecule has 0 aromatic heterocycles. The van der Waals surface area contributed by atoms with Crippen LogP contribution in [-0.2, 0) is 0 Å². The normalized spacial score (nSPS) is 23.1. The van der Waals surface area contributed by atoms with Gasteiger partial charge >= 0.3 is 0 Å². The second-order valence-corrected chi connectivity index (χ2v) is 9.58. The standard InChI is InChI=1S/C24H40N6O2/c1-29(9-3-15-31-23-7-5-19(25)17-21(23)27)11-13-30(2,14-12-29)10-4-16-32-24-8-6-20(26)18-22(24)28/h5-8,17-18H,3-4,9-16,25-28H2,1-2H3/q+2. The van der Waals surface area contributed by atoms with Gasteiger partial charge in [-0.05, 0) is 36.4 Å². The molecule has 8 N–H and O–H groups in total. The Labute approximate surface area is 191 Å². The Morgan fingerprint density at radius 3 is 1.38 bits per heavy atom. The molecule has 0 atom stereocenters. The Morgan fingerprint density at radius 2 is 1.03 bits per heavy atom. The van der Waals surface area contributed by atoms with Crippen LogP contribution in [0, 0.1) is 0 Å². The molecule has 0 amide bonds. The molecule has 0 bridgehead atoms. The van der Waals surface area contributed by atoms with E-state index >= 15 is 0 Å². The third kappa shape index (κ3) is 6.58. The van der Waals surface area contributed by atoms with Crippen LogP contribution in [0.3, 0.4) is 0 Å². The summed E-state index contributed by atoms with van der Waals surface area (Å²) in [5.74, 6) is 1.43. The fourth-order valence-electron chi connectivity index (χ4n) is 4.29. The molecule has 2 aromatic rings. The van der Waals surface area contributed by atoms with E-state index in [4.69, 9.17) is 32.4 Å². The third-order valence-corrected chi connectivity index (χ3v) is 6.63. The molecule has 0 radical (unpaired) electrons. The van der Waals surface area contributed by atoms with Crippen LogP contribution in [0.1, 0.15) is 12.8 Å². The maximum absolute atomic E-state index is 5.97. The number of ether oxygens (including phenoxy) is 2. The van der Waals surface area contributed by atoms with Gasteiger partial charge in [-0.1, -0.05) is 0 Å². The van der Waals surface area contributed by atoms with Crippen LogP contribution < -0.4 is 32.4 Å². The van der Waals surface area contributed by atoms with Crippen molar-refractivity contribution in [2.75, 3.05) is 89.5 Å². The van der Waals surface area contributed by atoms with Crippen LogP contribution in [0.4, 0.5) is 22.7 Å². The van der Waals surface area contributed by atoms with E-state index < -0.39 is 0 Å². The molecule has 1 aliphatic heterocycles. The molecule has 176 valence electrons. The minimum atomic E-state index is 0.597. The van der Waals surface area contributed by atoms with E-state index in [0.717, 1.165) is 34.9 Å². The number of piperazine rings is 1. The van der Waals surface area contributed by atoms with E-state index in [2.05, 4.69) is 14.1 Å². The van der Waals surface area contributed by atoms with E-state index in [-0.39, 0.29) is 0 Å². The number of hydrogen-bond acceptors (Lipinski definition) is 6. The van der Waals surface area contributed by atoms with Crippen molar-refractivity contribution < 1.29 is 18.4 Å². The van der Waals surface area contributed by atoms with Gasteiger partial charge in [0.15, 0.2) is 0 Å². The number of benzene rings is 2. The maximum Gasteiger partial charge on any atom is 0.142 e. The lowest BCUT2D eigenvalue weighted by molar-refractivity contribution is -1.02. The van der Waals surface area contributed by atoms with E-state index in [1.54, 1.807) is 12.1 Å². The average Bonchev–Trinajstić information content (AvgIpc) is 2.74. The lowest BCUT2D eigenvalue weighted by Gasteiger charge is -2.46. The van der Waals surface area contributed by atoms with Gasteiger partial charge < -0.3 is 41.4 Å². The summed E-state index contributed by atoms with van der Waals surface area (Å²) in [5.41, 5.74) is 25.9. The van der Waals surface area contributed by atoms with Crippen molar-refractivity contribution in [3.8, 4) is 11.5 Å². The van der Waals surface area contributed by atoms with E-state index in [1.807, 2.05) is 24.3 Å². The Balaban J connectivity index is 1.35. The van der Waals surface area contributed by atoms with Gasteiger partial charge in [-0.15, -0.1) is 0 Å². The van der Waals surface area contributed by atoms with Crippen molar-refractivity contribution >= 4 is 22.7 Å². The highest BCUT2D eigenvalue weighted by Gasteiger charge is 2.36. The van der Waals surface area contributed by atoms with Gasteiger partial charge in [0, 0.05) is 24.2 Å². The van der Waals surface area contributed by atoms with E-state index in [0.29, 0.717) is 47.5 Å². The summed E-state index contributed by atoms with van der Waals surface area (Å²) >= 11 is 0. The van der Waals surface area contributed by atoms with Gasteiger partial charge in [0.25, 0.3) is 0 Å². The smallest absolute Gasteiger partial charge is 0.142 e. The summed E-state index contributed by atoms with van der Waals surface area (Å²) in [5, 5.41) is 0. The predicted octanol–water partition coefficient (Wildman–Crippen LogP) is 2.16. The molecule has 32 heavy (non-hydrogen) atoms. The van der Waals surface area contributed by atoms with Crippen molar-refractivity contribution in [1.29, 1.82) is 0 Å². The van der Waals surface area contributed by atoms with Crippen LogP contribution in [0.5, 0.6) is 11.5 Å². The summed E-state index contributed by atoms with van der Waals surface area (Å²) < 4.78 is 13.9. The zero-order valence-electron chi connectivity index (χ0n) is 19.6. The first-order chi connectivity index (χ1) is 15.2. The van der Waals surface area contributed by atoms with Gasteiger partial charge in [-0.3, -0.25) is 0 Å². The van der Waals surface area contributed by atoms with Gasteiger partial charge in [0.05, 0.1) is 51.8 Å². The molecule has 3 rings (SSSR count). The number of nitrogen functional groups attached to an aromatic ring is 4. The number of nitrogens with zero attached hydrogens (tertiary/aromatic N) is 2. The Hall–Kier alpha value is -2.84. The molecule has 1 aliphatic rings. The third-order valence-electron chi connectivity index (χ3n) is 6.63. The summed E-state index contributed by atoms with van der Waals surface area (Å²) in [7, 11) is 4.71. The molecule has 1 fully saturated rings. The quantitative estimate of drug-likeness (QED) is 0.253. The highest BCUT2D eigenvalue weighted by molar-refractivity contribution is 5.61. The molecule has 8 heteroatoms. The van der Waals surface area contributed by atoms with E-state index in [9.17, 15) is 0 Å². The molecule has 0 unspecified atom stereocenters. The Bertz CT molecular complexity index is 823. The predicted molar refractivity (Wildman–Crippen MR) is 132 cm³/mol. The number of anilines is 4. The zero-order valence-corrected chi connectivity index (χ0v) is 19.6. The Morgan fingerprint density at radius 1 is 0.656 bits per heavy atom. The van der Waals surface area contributed by atoms with Crippen molar-refractivity contribution in [2.45, 2.75) is 12.8 Å². The van der Waals surface area contributed by atoms with E-state index in [1.165, 1.54) is 26.2 Å². The average molecular weight is 445 g/mol. The number of nitrogens with two attached hydrogens (primary N) is 4. The molecule has 0 aliphatic carbocycles. The van der Waals surface area contributed by atoms with Crippen molar-refractivity contribution in [3.05, 3.63) is 36.4 Å². The molecule has 0 spiro atoms. The second kappa shape index (κ2) is 10.2. The maximum atomic E-state index is 5.97. The number of hydrogen-bond donors (Lipinski definition) is 4. The zero-order chi connectivity index (χ0) is 23.2. The van der Waals surface area contributed by atoms with Crippen LogP contribution in [-0.4, -0.2) is 75.5 Å². The largest absolute Gasteiger partial charge is 0.491 e. The lowest BCUT2D eigenvalue weighted by atomic mass is 10.2. The van der Waals surface area contributed by atoms with Crippen LogP contribution >= 0.6 is 0 Å². The number of quaternary nitrogens is 2. The summed E-state index contributed by atoms with van der Waals surface area (Å²) in [6.45, 7) is 8.24. The first kappa shape index (κ1) is 23.8. The van der Waals surface area contributed by atoms with Crippen LogP contribution in [0.25, 0.3) is 0 Å². The first-order valence-corrected chi connectivity index (χ1v) is 11.4. The molecule has 0 saturated carbocycles. The molecule has 2 aromatic carbocycles. The molecule has 1 saturated heterocycles. The SMILES string of the molecule is C[N+]1(CCCOc2ccc(N)cc2N)CC[N+](C)(CCCOc2ccc(N)cc2N)CC1. The minimum absolute atomic E-state index is 0.597. The number of likely N-dealkylation sites (N-methyl/N-ethyl adjacent to an activating group) is 2. The van der Waals surface area contributed by atoms with Crippen molar-refractivity contribution in [3.63, 3.8) is 0 Å². The topological polar surface area (TPSA) is 123 Å². The highest BCUT2D eigenvalue weighted by Crippen LogP contribution is 2.25. The van der Waals surface area contributed by atoms with Gasteiger partial charge in [0.2, 0.25) is 0 Å². The summed E-state index contributed by atoms with van der Waals surface area (Å²) in [4.78, 5) is 0. The number of rotatable bonds is 10.